The Morgan fingerprint density at radius 3 is 2.07 bits per heavy atom. The van der Waals surface area contributed by atoms with Crippen LogP contribution in [0.4, 0.5) is 0 Å². The molecule has 3 N–H and O–H groups in total. The summed E-state index contributed by atoms with van der Waals surface area (Å²) in [5, 5.41) is 0. The molecule has 15 heavy (non-hydrogen) atoms. The number of hydrazine groups is 1. The second kappa shape index (κ2) is 4.33. The first-order chi connectivity index (χ1) is 6.89. The predicted octanol–water partition coefficient (Wildman–Crippen LogP) is 2.50. The van der Waals surface area contributed by atoms with Crippen LogP contribution in [-0.2, 0) is 6.42 Å². The molecule has 0 atom stereocenters. The molecule has 0 saturated carbocycles. The van der Waals surface area contributed by atoms with Gasteiger partial charge in [-0.3, -0.25) is 11.3 Å². The van der Waals surface area contributed by atoms with Crippen LogP contribution in [0.15, 0.2) is 30.3 Å². The normalized spacial score (nSPS) is 12.9. The summed E-state index contributed by atoms with van der Waals surface area (Å²) in [7, 11) is 0. The fourth-order valence-corrected chi connectivity index (χ4v) is 1.52. The maximum atomic E-state index is 5.60. The summed E-state index contributed by atoms with van der Waals surface area (Å²) >= 11 is 0. The van der Waals surface area contributed by atoms with Crippen LogP contribution < -0.4 is 11.3 Å². The van der Waals surface area contributed by atoms with E-state index in [-0.39, 0.29) is 11.0 Å². The molecule has 0 saturated heterocycles. The zero-order valence-electron chi connectivity index (χ0n) is 10.2. The van der Waals surface area contributed by atoms with E-state index in [1.807, 2.05) is 6.07 Å². The van der Waals surface area contributed by atoms with Crippen molar-refractivity contribution in [2.45, 2.75) is 39.7 Å². The molecule has 0 aliphatic carbocycles. The highest BCUT2D eigenvalue weighted by Gasteiger charge is 2.35. The fraction of sp³-hybridized carbons (Fsp3) is 0.538. The van der Waals surface area contributed by atoms with Gasteiger partial charge in [-0.05, 0) is 31.2 Å². The number of hydrogen-bond donors (Lipinski definition) is 2. The summed E-state index contributed by atoms with van der Waals surface area (Å²) in [6, 6.07) is 10.5. The molecule has 1 aromatic carbocycles. The molecule has 2 heteroatoms. The molecular weight excluding hydrogens is 184 g/mol. The van der Waals surface area contributed by atoms with Crippen LogP contribution in [0.25, 0.3) is 0 Å². The Labute approximate surface area is 92.8 Å². The van der Waals surface area contributed by atoms with Gasteiger partial charge in [0.2, 0.25) is 0 Å². The monoisotopic (exact) mass is 206 g/mol. The van der Waals surface area contributed by atoms with Gasteiger partial charge in [0.1, 0.15) is 0 Å². The summed E-state index contributed by atoms with van der Waals surface area (Å²) < 4.78 is 0. The van der Waals surface area contributed by atoms with E-state index < -0.39 is 0 Å². The van der Waals surface area contributed by atoms with Gasteiger partial charge in [-0.2, -0.15) is 0 Å². The highest BCUT2D eigenvalue weighted by atomic mass is 15.3. The average Bonchev–Trinajstić information content (AvgIpc) is 2.18. The Hall–Kier alpha value is -0.860. The molecule has 0 heterocycles. The van der Waals surface area contributed by atoms with Crippen molar-refractivity contribution in [3.63, 3.8) is 0 Å². The van der Waals surface area contributed by atoms with Crippen molar-refractivity contribution >= 4 is 0 Å². The van der Waals surface area contributed by atoms with Crippen molar-refractivity contribution < 1.29 is 0 Å². The second-order valence-electron chi connectivity index (χ2n) is 5.32. The summed E-state index contributed by atoms with van der Waals surface area (Å²) in [6.45, 7) is 8.74. The van der Waals surface area contributed by atoms with E-state index in [4.69, 9.17) is 5.84 Å². The van der Waals surface area contributed by atoms with Gasteiger partial charge in [-0.15, -0.1) is 0 Å². The number of nitrogens with two attached hydrogens (primary N) is 1. The van der Waals surface area contributed by atoms with E-state index in [1.165, 1.54) is 5.56 Å². The topological polar surface area (TPSA) is 38.0 Å². The second-order valence-corrected chi connectivity index (χ2v) is 5.32. The van der Waals surface area contributed by atoms with E-state index in [2.05, 4.69) is 57.4 Å². The molecular formula is C13H22N2. The average molecular weight is 206 g/mol. The minimum absolute atomic E-state index is 0.0805. The molecule has 0 bridgehead atoms. The maximum absolute atomic E-state index is 5.60. The van der Waals surface area contributed by atoms with E-state index in [9.17, 15) is 0 Å². The van der Waals surface area contributed by atoms with E-state index >= 15 is 0 Å². The third-order valence-electron chi connectivity index (χ3n) is 3.54. The Kier molecular flexibility index (Phi) is 3.53. The van der Waals surface area contributed by atoms with Gasteiger partial charge in [0.25, 0.3) is 0 Å². The molecule has 0 aromatic heterocycles. The molecule has 2 nitrogen and oxygen atoms in total. The molecule has 0 fully saturated rings. The Bertz CT molecular complexity index is 302. The van der Waals surface area contributed by atoms with E-state index in [0.717, 1.165) is 6.42 Å². The van der Waals surface area contributed by atoms with Crippen molar-refractivity contribution in [3.05, 3.63) is 35.9 Å². The predicted molar refractivity (Wildman–Crippen MR) is 65.3 cm³/mol. The maximum Gasteiger partial charge on any atom is 0.0319 e. The van der Waals surface area contributed by atoms with Gasteiger partial charge in [-0.25, -0.2) is 0 Å². The third kappa shape index (κ3) is 2.80. The first-order valence-corrected chi connectivity index (χ1v) is 5.41. The van der Waals surface area contributed by atoms with Crippen LogP contribution in [0.1, 0.15) is 33.3 Å². The molecule has 0 amide bonds. The molecule has 0 spiro atoms. The lowest BCUT2D eigenvalue weighted by Crippen LogP contribution is -2.55. The smallest absolute Gasteiger partial charge is 0.0319 e. The van der Waals surface area contributed by atoms with Crippen molar-refractivity contribution in [1.29, 1.82) is 0 Å². The molecule has 1 rings (SSSR count). The number of hydrogen-bond acceptors (Lipinski definition) is 2. The lowest BCUT2D eigenvalue weighted by atomic mass is 9.71. The summed E-state index contributed by atoms with van der Waals surface area (Å²) in [6.07, 6.45) is 1.02. The highest BCUT2D eigenvalue weighted by molar-refractivity contribution is 5.17. The van der Waals surface area contributed by atoms with Gasteiger partial charge < -0.3 is 0 Å². The number of rotatable bonds is 4. The third-order valence-corrected chi connectivity index (χ3v) is 3.54. The largest absolute Gasteiger partial charge is 0.271 e. The summed E-state index contributed by atoms with van der Waals surface area (Å²) in [4.78, 5) is 0. The standard InChI is InChI=1S/C13H22N2/c1-12(2,13(3,4)15-14)10-11-8-6-5-7-9-11/h5-9,15H,10,14H2,1-4H3. The first-order valence-electron chi connectivity index (χ1n) is 5.41. The Morgan fingerprint density at radius 1 is 1.07 bits per heavy atom. The molecule has 84 valence electrons. The van der Waals surface area contributed by atoms with Crippen molar-refractivity contribution in [3.8, 4) is 0 Å². The fourth-order valence-electron chi connectivity index (χ4n) is 1.52. The van der Waals surface area contributed by atoms with Crippen LogP contribution in [0.3, 0.4) is 0 Å². The lowest BCUT2D eigenvalue weighted by molar-refractivity contribution is 0.155. The van der Waals surface area contributed by atoms with Crippen LogP contribution in [-0.4, -0.2) is 5.54 Å². The number of benzene rings is 1. The van der Waals surface area contributed by atoms with E-state index in [1.54, 1.807) is 0 Å². The van der Waals surface area contributed by atoms with Crippen LogP contribution in [0, 0.1) is 5.41 Å². The van der Waals surface area contributed by atoms with Gasteiger partial charge in [-0.1, -0.05) is 44.2 Å². The zero-order chi connectivity index (χ0) is 11.5. The molecule has 0 aliphatic rings. The van der Waals surface area contributed by atoms with Crippen LogP contribution in [0.5, 0.6) is 0 Å². The van der Waals surface area contributed by atoms with Gasteiger partial charge in [0, 0.05) is 5.54 Å². The van der Waals surface area contributed by atoms with Crippen molar-refractivity contribution in [2.24, 2.45) is 11.3 Å². The summed E-state index contributed by atoms with van der Waals surface area (Å²) in [5.41, 5.74) is 4.29. The zero-order valence-corrected chi connectivity index (χ0v) is 10.2. The summed E-state index contributed by atoms with van der Waals surface area (Å²) in [5.74, 6) is 5.60. The quantitative estimate of drug-likeness (QED) is 0.587. The Balaban J connectivity index is 2.81. The molecule has 0 aliphatic heterocycles. The van der Waals surface area contributed by atoms with Crippen molar-refractivity contribution in [2.75, 3.05) is 0 Å². The minimum atomic E-state index is -0.0805. The minimum Gasteiger partial charge on any atom is -0.271 e. The van der Waals surface area contributed by atoms with Crippen LogP contribution >= 0.6 is 0 Å². The number of nitrogens with one attached hydrogen (secondary N) is 1. The Morgan fingerprint density at radius 2 is 1.60 bits per heavy atom. The van der Waals surface area contributed by atoms with Crippen LogP contribution in [0.2, 0.25) is 0 Å². The van der Waals surface area contributed by atoms with Crippen molar-refractivity contribution in [1.82, 2.24) is 5.43 Å². The molecule has 0 unspecified atom stereocenters. The first kappa shape index (κ1) is 12.2. The molecule has 1 aromatic rings. The molecule has 0 radical (unpaired) electrons. The van der Waals surface area contributed by atoms with Gasteiger partial charge in [0.15, 0.2) is 0 Å². The van der Waals surface area contributed by atoms with Gasteiger partial charge in [0.05, 0.1) is 0 Å². The highest BCUT2D eigenvalue weighted by Crippen LogP contribution is 2.33. The van der Waals surface area contributed by atoms with Gasteiger partial charge >= 0.3 is 0 Å². The van der Waals surface area contributed by atoms with E-state index in [0.29, 0.717) is 0 Å². The SMILES string of the molecule is CC(C)(Cc1ccccc1)C(C)(C)NN. The lowest BCUT2D eigenvalue weighted by Gasteiger charge is -2.41.